The van der Waals surface area contributed by atoms with Crippen molar-refractivity contribution in [3.63, 3.8) is 0 Å². The van der Waals surface area contributed by atoms with Gasteiger partial charge in [-0.15, -0.1) is 4.43 Å². The summed E-state index contributed by atoms with van der Waals surface area (Å²) >= 11 is 2.92. The fourth-order valence-corrected chi connectivity index (χ4v) is 3.47. The summed E-state index contributed by atoms with van der Waals surface area (Å²) in [4.78, 5) is 0. The molecule has 0 spiro atoms. The van der Waals surface area contributed by atoms with Gasteiger partial charge in [-0.1, -0.05) is 42.7 Å². The Bertz CT molecular complexity index is 629. The Kier molecular flexibility index (Phi) is 3.33. The van der Waals surface area contributed by atoms with E-state index in [4.69, 9.17) is 7.85 Å². The Morgan fingerprint density at radius 2 is 1.94 bits per heavy atom. The van der Waals surface area contributed by atoms with Crippen molar-refractivity contribution in [3.8, 4) is 0 Å². The lowest BCUT2D eigenvalue weighted by Crippen LogP contribution is -2.16. The van der Waals surface area contributed by atoms with Gasteiger partial charge in [0, 0.05) is 0 Å². The van der Waals surface area contributed by atoms with Gasteiger partial charge in [-0.05, 0) is 46.7 Å². The van der Waals surface area contributed by atoms with Crippen LogP contribution in [0.2, 0.25) is 6.32 Å². The molecule has 0 atom stereocenters. The Balaban J connectivity index is 2.41. The number of aryl methyl sites for hydroxylation is 1. The van der Waals surface area contributed by atoms with Gasteiger partial charge in [0.25, 0.3) is 0 Å². The Labute approximate surface area is 118 Å². The van der Waals surface area contributed by atoms with Crippen LogP contribution in [-0.2, 0) is 12.8 Å². The molecule has 0 nitrogen and oxygen atoms in total. The van der Waals surface area contributed by atoms with Crippen molar-refractivity contribution in [2.24, 2.45) is 0 Å². The number of rotatable bonds is 2. The largest absolute Gasteiger partial charge is 0.177 e. The molecule has 2 aromatic carbocycles. The third kappa shape index (κ3) is 1.85. The molecular formula is C16H14AlB. The number of fused-ring (bicyclic) bond motifs is 2. The van der Waals surface area contributed by atoms with Gasteiger partial charge in [0.2, 0.25) is 0 Å². The van der Waals surface area contributed by atoms with E-state index < -0.39 is 0 Å². The topological polar surface area (TPSA) is 0 Å². The van der Waals surface area contributed by atoms with Gasteiger partial charge in [-0.3, -0.25) is 0 Å². The fraction of sp³-hybridized carbons (Fsp3) is 0.250. The molecule has 0 aromatic heterocycles. The second-order valence-electron chi connectivity index (χ2n) is 4.81. The second-order valence-corrected chi connectivity index (χ2v) is 5.39. The molecule has 0 aliphatic heterocycles. The SMILES string of the molecule is [B]CCc1c2c([c]([Al])c3ccccc13)C=CCC2. The average Bonchev–Trinajstić information content (AvgIpc) is 2.43. The van der Waals surface area contributed by atoms with Crippen LogP contribution in [0.5, 0.6) is 0 Å². The van der Waals surface area contributed by atoms with Crippen molar-refractivity contribution >= 4 is 45.4 Å². The van der Waals surface area contributed by atoms with E-state index in [1.54, 1.807) is 0 Å². The van der Waals surface area contributed by atoms with Crippen molar-refractivity contribution < 1.29 is 0 Å². The van der Waals surface area contributed by atoms with Crippen molar-refractivity contribution in [1.29, 1.82) is 0 Å². The van der Waals surface area contributed by atoms with Crippen molar-refractivity contribution in [3.05, 3.63) is 47.0 Å². The van der Waals surface area contributed by atoms with Gasteiger partial charge in [0.1, 0.15) is 0 Å². The van der Waals surface area contributed by atoms with E-state index in [9.17, 15) is 0 Å². The average molecular weight is 244 g/mol. The first-order valence-electron chi connectivity index (χ1n) is 6.51. The third-order valence-corrected chi connectivity index (χ3v) is 4.38. The molecule has 2 heteroatoms. The van der Waals surface area contributed by atoms with Crippen LogP contribution in [0.4, 0.5) is 0 Å². The van der Waals surface area contributed by atoms with E-state index >= 15 is 0 Å². The van der Waals surface area contributed by atoms with E-state index in [2.05, 4.69) is 52.7 Å². The summed E-state index contributed by atoms with van der Waals surface area (Å²) in [5.41, 5.74) is 4.36. The summed E-state index contributed by atoms with van der Waals surface area (Å²) in [5.74, 6) is 0. The van der Waals surface area contributed by atoms with Gasteiger partial charge < -0.3 is 0 Å². The van der Waals surface area contributed by atoms with E-state index in [1.807, 2.05) is 0 Å². The molecule has 0 saturated carbocycles. The Morgan fingerprint density at radius 3 is 2.72 bits per heavy atom. The van der Waals surface area contributed by atoms with Crippen LogP contribution in [0.25, 0.3) is 16.8 Å². The molecule has 3 rings (SSSR count). The van der Waals surface area contributed by atoms with Gasteiger partial charge in [-0.25, -0.2) is 0 Å². The zero-order valence-corrected chi connectivity index (χ0v) is 11.6. The molecule has 1 aliphatic carbocycles. The normalized spacial score (nSPS) is 13.8. The molecule has 2 aromatic rings. The predicted octanol–water partition coefficient (Wildman–Crippen LogP) is 2.72. The number of hydrogen-bond donors (Lipinski definition) is 0. The minimum Gasteiger partial charge on any atom is -0.124 e. The van der Waals surface area contributed by atoms with Crippen LogP contribution in [-0.4, -0.2) is 24.1 Å². The van der Waals surface area contributed by atoms with Crippen LogP contribution < -0.4 is 4.43 Å². The molecule has 0 N–H and O–H groups in total. The van der Waals surface area contributed by atoms with Crippen LogP contribution >= 0.6 is 0 Å². The maximum absolute atomic E-state index is 5.80. The van der Waals surface area contributed by atoms with Crippen LogP contribution in [0, 0.1) is 0 Å². The number of allylic oxidation sites excluding steroid dienone is 1. The number of hydrogen-bond acceptors (Lipinski definition) is 0. The highest BCUT2D eigenvalue weighted by molar-refractivity contribution is 6.41. The molecule has 0 heterocycles. The highest BCUT2D eigenvalue weighted by Crippen LogP contribution is 2.29. The zero-order valence-electron chi connectivity index (χ0n) is 10.4. The van der Waals surface area contributed by atoms with Gasteiger partial charge in [0.15, 0.2) is 16.3 Å². The van der Waals surface area contributed by atoms with Crippen LogP contribution in [0.3, 0.4) is 0 Å². The second kappa shape index (κ2) is 4.96. The summed E-state index contributed by atoms with van der Waals surface area (Å²) in [7, 11) is 5.80. The molecule has 0 fully saturated rings. The van der Waals surface area contributed by atoms with Crippen LogP contribution in [0.1, 0.15) is 23.1 Å². The Morgan fingerprint density at radius 1 is 1.17 bits per heavy atom. The lowest BCUT2D eigenvalue weighted by Gasteiger charge is -2.22. The summed E-state index contributed by atoms with van der Waals surface area (Å²) in [6.45, 7) is 0. The molecular weight excluding hydrogens is 230 g/mol. The molecule has 0 saturated heterocycles. The first-order valence-corrected chi connectivity index (χ1v) is 7.09. The standard InChI is InChI=1S/C16H14B.Al/c17-10-9-16-14-7-3-1-5-12(14)11-13-6-2-4-8-15(13)16;/h1-3,5-7H,4,8-10H2;. The molecule has 1 aliphatic rings. The van der Waals surface area contributed by atoms with Crippen molar-refractivity contribution in [1.82, 2.24) is 0 Å². The summed E-state index contributed by atoms with van der Waals surface area (Å²) < 4.78 is 1.33. The molecule has 0 bridgehead atoms. The minimum atomic E-state index is 0.719. The fourth-order valence-electron chi connectivity index (χ4n) is 2.95. The molecule has 0 amide bonds. The van der Waals surface area contributed by atoms with Crippen molar-refractivity contribution in [2.45, 2.75) is 25.6 Å². The molecule has 0 unspecified atom stereocenters. The monoisotopic (exact) mass is 244 g/mol. The first kappa shape index (κ1) is 12.1. The molecule has 4 radical (unpaired) electrons. The predicted molar refractivity (Wildman–Crippen MR) is 81.0 cm³/mol. The molecule has 18 heavy (non-hydrogen) atoms. The van der Waals surface area contributed by atoms with Gasteiger partial charge in [-0.2, -0.15) is 0 Å². The Hall–Kier alpha value is -0.963. The zero-order chi connectivity index (χ0) is 12.5. The molecule has 84 valence electrons. The quantitative estimate of drug-likeness (QED) is 0.712. The lowest BCUT2D eigenvalue weighted by atomic mass is 9.84. The van der Waals surface area contributed by atoms with Crippen molar-refractivity contribution in [2.75, 3.05) is 0 Å². The van der Waals surface area contributed by atoms with Gasteiger partial charge in [0.05, 0.1) is 7.85 Å². The minimum absolute atomic E-state index is 0.719. The summed E-state index contributed by atoms with van der Waals surface area (Å²) in [6, 6.07) is 8.67. The number of benzene rings is 2. The van der Waals surface area contributed by atoms with E-state index in [0.717, 1.165) is 25.6 Å². The lowest BCUT2D eigenvalue weighted by molar-refractivity contribution is 0.955. The van der Waals surface area contributed by atoms with E-state index in [-0.39, 0.29) is 0 Å². The van der Waals surface area contributed by atoms with E-state index in [1.165, 1.54) is 31.9 Å². The summed E-state index contributed by atoms with van der Waals surface area (Å²) in [5, 5.41) is 2.72. The van der Waals surface area contributed by atoms with Crippen LogP contribution in [0.15, 0.2) is 30.3 Å². The first-order chi connectivity index (χ1) is 8.83. The highest BCUT2D eigenvalue weighted by atomic mass is 27.0. The highest BCUT2D eigenvalue weighted by Gasteiger charge is 2.15. The van der Waals surface area contributed by atoms with E-state index in [0.29, 0.717) is 0 Å². The maximum Gasteiger partial charge on any atom is 0.177 e. The maximum atomic E-state index is 5.80. The third-order valence-electron chi connectivity index (χ3n) is 3.76. The summed E-state index contributed by atoms with van der Waals surface area (Å²) in [6.07, 6.45) is 8.53. The van der Waals surface area contributed by atoms with Gasteiger partial charge >= 0.3 is 0 Å². The smallest absolute Gasteiger partial charge is 0.124 e.